The molecule has 55 heavy (non-hydrogen) atoms. The average molecular weight is 798 g/mol. The predicted molar refractivity (Wildman–Crippen MR) is 193 cm³/mol. The Bertz CT molecular complexity index is 1620. The highest BCUT2D eigenvalue weighted by Crippen LogP contribution is 2.25. The van der Waals surface area contributed by atoms with Crippen molar-refractivity contribution in [1.29, 1.82) is 0 Å². The van der Waals surface area contributed by atoms with Crippen LogP contribution < -0.4 is 5.32 Å². The van der Waals surface area contributed by atoms with Crippen LogP contribution in [0.3, 0.4) is 0 Å². The highest BCUT2D eigenvalue weighted by atomic mass is 32.2. The molecule has 8 atom stereocenters. The van der Waals surface area contributed by atoms with Gasteiger partial charge in [-0.3, -0.25) is 14.9 Å². The summed E-state index contributed by atoms with van der Waals surface area (Å²) in [6.45, 7) is 3.16. The largest absolute Gasteiger partial charge is 0.459 e. The van der Waals surface area contributed by atoms with Crippen molar-refractivity contribution >= 4 is 27.8 Å². The molecule has 2 aromatic rings. The van der Waals surface area contributed by atoms with Crippen LogP contribution in [0.5, 0.6) is 0 Å². The minimum absolute atomic E-state index is 0.0232. The van der Waals surface area contributed by atoms with E-state index >= 15 is 0 Å². The third kappa shape index (κ3) is 12.9. The van der Waals surface area contributed by atoms with Crippen molar-refractivity contribution in [2.24, 2.45) is 5.92 Å². The van der Waals surface area contributed by atoms with E-state index in [0.717, 1.165) is 34.1 Å². The first kappa shape index (κ1) is 43.9. The fraction of sp³-hybridized carbons (Fsp3) is 0.611. The van der Waals surface area contributed by atoms with Crippen LogP contribution >= 0.6 is 0 Å². The SMILES string of the molecule is CC(C)CN(C[C@@H](OC(=O)CCCCO[C@@H]1OC(CO)[C@@H](O)C(O)[C@@H]1O)[C@H](Cc1ccccc1)NC(=O)O[C@H]1CCOC1)S(=O)(=O)c1ccc([N+](=O)[O-])cc1. The van der Waals surface area contributed by atoms with Crippen molar-refractivity contribution in [3.05, 3.63) is 70.3 Å². The Morgan fingerprint density at radius 2 is 1.73 bits per heavy atom. The van der Waals surface area contributed by atoms with E-state index < -0.39 is 89.1 Å². The molecule has 0 bridgehead atoms. The number of amides is 1. The Hall–Kier alpha value is -3.79. The number of unbranched alkanes of at least 4 members (excludes halogenated alkanes) is 1. The number of sulfonamides is 1. The summed E-state index contributed by atoms with van der Waals surface area (Å²) < 4.78 is 57.0. The van der Waals surface area contributed by atoms with Gasteiger partial charge in [-0.25, -0.2) is 13.2 Å². The van der Waals surface area contributed by atoms with Gasteiger partial charge in [0.2, 0.25) is 10.0 Å². The van der Waals surface area contributed by atoms with Crippen LogP contribution in [0, 0.1) is 16.0 Å². The van der Waals surface area contributed by atoms with Gasteiger partial charge < -0.3 is 49.4 Å². The van der Waals surface area contributed by atoms with Gasteiger partial charge in [0, 0.05) is 38.1 Å². The normalized spacial score (nSPS) is 24.0. The molecule has 2 aliphatic heterocycles. The summed E-state index contributed by atoms with van der Waals surface area (Å²) in [6.07, 6.45) is -8.85. The van der Waals surface area contributed by atoms with Crippen LogP contribution in [0.15, 0.2) is 59.5 Å². The molecule has 2 saturated heterocycles. The van der Waals surface area contributed by atoms with Gasteiger partial charge in [0.1, 0.15) is 36.6 Å². The molecule has 306 valence electrons. The van der Waals surface area contributed by atoms with Gasteiger partial charge in [0.05, 0.1) is 42.2 Å². The lowest BCUT2D eigenvalue weighted by Crippen LogP contribution is -2.59. The van der Waals surface area contributed by atoms with E-state index in [9.17, 15) is 48.5 Å². The number of aliphatic hydroxyl groups excluding tert-OH is 4. The minimum Gasteiger partial charge on any atom is -0.459 e. The summed E-state index contributed by atoms with van der Waals surface area (Å²) in [5.74, 6) is -0.923. The van der Waals surface area contributed by atoms with Crippen molar-refractivity contribution in [1.82, 2.24) is 9.62 Å². The summed E-state index contributed by atoms with van der Waals surface area (Å²) in [6, 6.07) is 12.4. The smallest absolute Gasteiger partial charge is 0.407 e. The number of aliphatic hydroxyl groups is 4. The van der Waals surface area contributed by atoms with Gasteiger partial charge in [0.25, 0.3) is 5.69 Å². The van der Waals surface area contributed by atoms with E-state index in [1.54, 1.807) is 44.2 Å². The molecule has 19 heteroatoms. The van der Waals surface area contributed by atoms with Crippen LogP contribution in [-0.2, 0) is 44.9 Å². The number of nitrogens with zero attached hydrogens (tertiary/aromatic N) is 2. The van der Waals surface area contributed by atoms with Crippen molar-refractivity contribution in [2.75, 3.05) is 39.5 Å². The van der Waals surface area contributed by atoms with E-state index in [0.29, 0.717) is 13.0 Å². The van der Waals surface area contributed by atoms with E-state index in [1.807, 2.05) is 0 Å². The molecule has 0 aromatic heterocycles. The Kier molecular flexibility index (Phi) is 16.7. The van der Waals surface area contributed by atoms with Crippen molar-refractivity contribution in [3.63, 3.8) is 0 Å². The first-order chi connectivity index (χ1) is 26.2. The lowest BCUT2D eigenvalue weighted by molar-refractivity contribution is -0.384. The number of benzene rings is 2. The van der Waals surface area contributed by atoms with E-state index in [4.69, 9.17) is 23.7 Å². The molecule has 2 aliphatic rings. The van der Waals surface area contributed by atoms with Crippen LogP contribution in [0.2, 0.25) is 0 Å². The molecule has 1 amide bonds. The Labute approximate surface area is 319 Å². The zero-order valence-corrected chi connectivity index (χ0v) is 31.6. The third-order valence-electron chi connectivity index (χ3n) is 9.04. The zero-order chi connectivity index (χ0) is 40.1. The fourth-order valence-corrected chi connectivity index (χ4v) is 7.72. The number of non-ortho nitro benzene ring substituents is 1. The highest BCUT2D eigenvalue weighted by molar-refractivity contribution is 7.89. The summed E-state index contributed by atoms with van der Waals surface area (Å²) in [7, 11) is -4.31. The quantitative estimate of drug-likeness (QED) is 0.0547. The maximum Gasteiger partial charge on any atom is 0.407 e. The van der Waals surface area contributed by atoms with Crippen molar-refractivity contribution in [2.45, 2.75) is 99.8 Å². The molecule has 0 spiro atoms. The highest BCUT2D eigenvalue weighted by Gasteiger charge is 2.44. The summed E-state index contributed by atoms with van der Waals surface area (Å²) >= 11 is 0. The number of esters is 1. The van der Waals surface area contributed by atoms with E-state index in [2.05, 4.69) is 5.32 Å². The number of hydrogen-bond donors (Lipinski definition) is 5. The molecular formula is C36H51N3O15S. The lowest BCUT2D eigenvalue weighted by atomic mass is 9.99. The summed E-state index contributed by atoms with van der Waals surface area (Å²) in [5.41, 5.74) is 0.454. The first-order valence-electron chi connectivity index (χ1n) is 18.1. The second-order valence-electron chi connectivity index (χ2n) is 13.9. The maximum atomic E-state index is 14.1. The van der Waals surface area contributed by atoms with Crippen LogP contribution in [0.1, 0.15) is 45.1 Å². The van der Waals surface area contributed by atoms with Gasteiger partial charge in [-0.2, -0.15) is 4.31 Å². The number of hydrogen-bond acceptors (Lipinski definition) is 15. The number of carbonyl (C=O) groups is 2. The Balaban J connectivity index is 1.54. The number of rotatable bonds is 20. The molecule has 2 fully saturated rings. The number of nitro groups is 1. The zero-order valence-electron chi connectivity index (χ0n) is 30.8. The number of alkyl carbamates (subject to hydrolysis) is 1. The fourth-order valence-electron chi connectivity index (χ4n) is 6.10. The van der Waals surface area contributed by atoms with Crippen LogP contribution in [0.4, 0.5) is 10.5 Å². The molecule has 2 unspecified atom stereocenters. The molecule has 0 aliphatic carbocycles. The second-order valence-corrected chi connectivity index (χ2v) is 15.8. The molecular weight excluding hydrogens is 746 g/mol. The standard InChI is InChI=1S/C36H51N3O15S/c1-23(2)19-38(55(48,49)27-13-11-25(12-14-27)39(46)47)20-29(28(18-24-8-4-3-5-9-24)37-36(45)52-26-15-17-50-22-26)53-31(41)10-6-7-16-51-35-34(44)33(43)32(42)30(21-40)54-35/h3-5,8-9,11-14,23,26,28-30,32-35,40,42-44H,6-7,10,15-22H2,1-2H3,(H,37,45)/t26-,28-,29+,30?,32+,33?,34-,35+/m0/s1. The second kappa shape index (κ2) is 20.9. The lowest BCUT2D eigenvalue weighted by Gasteiger charge is -2.39. The third-order valence-corrected chi connectivity index (χ3v) is 10.9. The molecule has 18 nitrogen and oxygen atoms in total. The van der Waals surface area contributed by atoms with E-state index in [-0.39, 0.29) is 61.9 Å². The van der Waals surface area contributed by atoms with Crippen molar-refractivity contribution in [3.8, 4) is 0 Å². The van der Waals surface area contributed by atoms with Gasteiger partial charge in [0.15, 0.2) is 6.29 Å². The molecule has 2 heterocycles. The Morgan fingerprint density at radius 1 is 1.02 bits per heavy atom. The van der Waals surface area contributed by atoms with Crippen LogP contribution in [-0.4, -0.2) is 139 Å². The molecule has 5 N–H and O–H groups in total. The van der Waals surface area contributed by atoms with Gasteiger partial charge >= 0.3 is 12.1 Å². The average Bonchev–Trinajstić information content (AvgIpc) is 3.67. The molecule has 2 aromatic carbocycles. The molecule has 0 saturated carbocycles. The predicted octanol–water partition coefficient (Wildman–Crippen LogP) is 1.27. The first-order valence-corrected chi connectivity index (χ1v) is 19.6. The van der Waals surface area contributed by atoms with E-state index in [1.165, 1.54) is 0 Å². The molecule has 4 rings (SSSR count). The molecule has 0 radical (unpaired) electrons. The summed E-state index contributed by atoms with van der Waals surface area (Å²) in [5, 5.41) is 53.7. The monoisotopic (exact) mass is 797 g/mol. The number of carbonyl (C=O) groups excluding carboxylic acids is 2. The number of nitro benzene ring substituents is 1. The number of nitrogens with one attached hydrogen (secondary N) is 1. The van der Waals surface area contributed by atoms with Crippen LogP contribution in [0.25, 0.3) is 0 Å². The minimum atomic E-state index is -4.31. The topological polar surface area (TPSA) is 254 Å². The van der Waals surface area contributed by atoms with Gasteiger partial charge in [-0.15, -0.1) is 0 Å². The number of ether oxygens (including phenoxy) is 5. The Morgan fingerprint density at radius 3 is 2.35 bits per heavy atom. The summed E-state index contributed by atoms with van der Waals surface area (Å²) in [4.78, 5) is 37.1. The van der Waals surface area contributed by atoms with Gasteiger partial charge in [-0.05, 0) is 42.9 Å². The maximum absolute atomic E-state index is 14.1. The van der Waals surface area contributed by atoms with Gasteiger partial charge in [-0.1, -0.05) is 44.2 Å². The van der Waals surface area contributed by atoms with Crippen molar-refractivity contribution < 1.29 is 67.0 Å².